The molecule has 0 bridgehead atoms. The number of nitrogens with zero attached hydrogens (tertiary/aromatic N) is 1. The van der Waals surface area contributed by atoms with Crippen LogP contribution in [-0.4, -0.2) is 15.2 Å². The molecule has 0 fully saturated rings. The van der Waals surface area contributed by atoms with Gasteiger partial charge >= 0.3 is 0 Å². The second-order valence-electron chi connectivity index (χ2n) is 4.62. The summed E-state index contributed by atoms with van der Waals surface area (Å²) in [5, 5.41) is 0. The van der Waals surface area contributed by atoms with E-state index in [2.05, 4.69) is 18.2 Å². The number of hydrogen-bond acceptors (Lipinski definition) is 1. The van der Waals surface area contributed by atoms with Crippen LogP contribution in [0.15, 0.2) is 4.40 Å². The van der Waals surface area contributed by atoms with E-state index in [1.54, 1.807) is 6.21 Å². The standard InChI is InChI=1S/C10H21NOS/c1-9(2)7-6-8-11-13(12)10(3,4)5/h8-9H,6-7H2,1-5H3. The van der Waals surface area contributed by atoms with Crippen molar-refractivity contribution >= 4 is 17.2 Å². The summed E-state index contributed by atoms with van der Waals surface area (Å²) in [5.74, 6) is 0.689. The third-order valence-electron chi connectivity index (χ3n) is 1.57. The van der Waals surface area contributed by atoms with Crippen molar-refractivity contribution in [3.8, 4) is 0 Å². The quantitative estimate of drug-likeness (QED) is 0.646. The normalized spacial score (nSPS) is 15.5. The summed E-state index contributed by atoms with van der Waals surface area (Å²) in [6, 6.07) is 0. The van der Waals surface area contributed by atoms with Gasteiger partial charge in [-0.2, -0.15) is 4.40 Å². The van der Waals surface area contributed by atoms with Crippen LogP contribution in [-0.2, 0) is 11.0 Å². The highest BCUT2D eigenvalue weighted by molar-refractivity contribution is 7.85. The first-order chi connectivity index (χ1) is 5.84. The van der Waals surface area contributed by atoms with E-state index in [1.165, 1.54) is 0 Å². The maximum Gasteiger partial charge on any atom is 0.144 e. The average Bonchev–Trinajstić information content (AvgIpc) is 1.95. The van der Waals surface area contributed by atoms with Crippen molar-refractivity contribution in [2.75, 3.05) is 0 Å². The summed E-state index contributed by atoms with van der Waals surface area (Å²) < 4.78 is 15.2. The fourth-order valence-electron chi connectivity index (χ4n) is 0.686. The molecule has 78 valence electrons. The Kier molecular flexibility index (Phi) is 5.45. The summed E-state index contributed by atoms with van der Waals surface area (Å²) in [6.07, 6.45) is 3.84. The van der Waals surface area contributed by atoms with Gasteiger partial charge in [0.05, 0.1) is 4.75 Å². The van der Waals surface area contributed by atoms with Crippen LogP contribution in [0.25, 0.3) is 0 Å². The van der Waals surface area contributed by atoms with Gasteiger partial charge in [-0.3, -0.25) is 0 Å². The largest absolute Gasteiger partial charge is 0.234 e. The van der Waals surface area contributed by atoms with Crippen molar-refractivity contribution in [3.05, 3.63) is 0 Å². The van der Waals surface area contributed by atoms with Gasteiger partial charge in [-0.1, -0.05) is 13.8 Å². The van der Waals surface area contributed by atoms with Crippen molar-refractivity contribution in [3.63, 3.8) is 0 Å². The predicted molar refractivity (Wildman–Crippen MR) is 60.5 cm³/mol. The molecule has 0 N–H and O–H groups in total. The Hall–Kier alpha value is -0.180. The number of rotatable bonds is 4. The van der Waals surface area contributed by atoms with Gasteiger partial charge in [-0.05, 0) is 39.5 Å². The highest BCUT2D eigenvalue weighted by Crippen LogP contribution is 2.12. The summed E-state index contributed by atoms with van der Waals surface area (Å²) >= 11 is 0. The van der Waals surface area contributed by atoms with Crippen molar-refractivity contribution in [1.29, 1.82) is 0 Å². The van der Waals surface area contributed by atoms with E-state index in [0.717, 1.165) is 12.8 Å². The van der Waals surface area contributed by atoms with E-state index in [-0.39, 0.29) is 4.75 Å². The zero-order valence-corrected chi connectivity index (χ0v) is 10.1. The lowest BCUT2D eigenvalue weighted by molar-refractivity contribution is 0.606. The molecule has 0 radical (unpaired) electrons. The highest BCUT2D eigenvalue weighted by Gasteiger charge is 2.17. The van der Waals surface area contributed by atoms with Crippen LogP contribution in [0.4, 0.5) is 0 Å². The van der Waals surface area contributed by atoms with Crippen LogP contribution in [0.3, 0.4) is 0 Å². The second kappa shape index (κ2) is 5.53. The molecule has 0 saturated carbocycles. The maximum absolute atomic E-state index is 11.4. The van der Waals surface area contributed by atoms with Crippen LogP contribution >= 0.6 is 0 Å². The monoisotopic (exact) mass is 203 g/mol. The van der Waals surface area contributed by atoms with E-state index in [0.29, 0.717) is 5.92 Å². The Balaban J connectivity index is 3.80. The fourth-order valence-corrected chi connectivity index (χ4v) is 1.24. The van der Waals surface area contributed by atoms with Gasteiger partial charge < -0.3 is 0 Å². The van der Waals surface area contributed by atoms with Gasteiger partial charge in [0.2, 0.25) is 0 Å². The third kappa shape index (κ3) is 6.94. The van der Waals surface area contributed by atoms with E-state index in [4.69, 9.17) is 0 Å². The Morgan fingerprint density at radius 3 is 2.31 bits per heavy atom. The lowest BCUT2D eigenvalue weighted by Gasteiger charge is -2.12. The Bertz CT molecular complexity index is 192. The molecule has 0 aromatic heterocycles. The van der Waals surface area contributed by atoms with E-state index < -0.39 is 11.0 Å². The van der Waals surface area contributed by atoms with E-state index in [1.807, 2.05) is 20.8 Å². The van der Waals surface area contributed by atoms with Crippen molar-refractivity contribution in [1.82, 2.24) is 0 Å². The zero-order chi connectivity index (χ0) is 10.5. The molecule has 0 spiro atoms. The van der Waals surface area contributed by atoms with Gasteiger partial charge in [0, 0.05) is 6.21 Å². The Morgan fingerprint density at radius 1 is 1.38 bits per heavy atom. The summed E-state index contributed by atoms with van der Waals surface area (Å²) in [5.41, 5.74) is 0. The zero-order valence-electron chi connectivity index (χ0n) is 9.33. The van der Waals surface area contributed by atoms with Gasteiger partial charge in [0.25, 0.3) is 0 Å². The third-order valence-corrected chi connectivity index (χ3v) is 2.96. The minimum absolute atomic E-state index is 0.228. The van der Waals surface area contributed by atoms with Crippen molar-refractivity contribution in [2.45, 2.75) is 52.2 Å². The van der Waals surface area contributed by atoms with Crippen LogP contribution in [0.1, 0.15) is 47.5 Å². The molecule has 1 atom stereocenters. The molecule has 1 unspecified atom stereocenters. The minimum atomic E-state index is -1.08. The van der Waals surface area contributed by atoms with Crippen molar-refractivity contribution < 1.29 is 4.21 Å². The molecule has 0 rings (SSSR count). The van der Waals surface area contributed by atoms with Crippen LogP contribution in [0.2, 0.25) is 0 Å². The molecule has 13 heavy (non-hydrogen) atoms. The lowest BCUT2D eigenvalue weighted by atomic mass is 10.1. The Morgan fingerprint density at radius 2 is 1.92 bits per heavy atom. The van der Waals surface area contributed by atoms with E-state index >= 15 is 0 Å². The second-order valence-corrected chi connectivity index (χ2v) is 6.55. The SMILES string of the molecule is CC(C)CCC=NS(=O)C(C)(C)C. The molecule has 3 heteroatoms. The molecule has 0 aliphatic carbocycles. The summed E-state index contributed by atoms with van der Waals surface area (Å²) in [6.45, 7) is 10.2. The van der Waals surface area contributed by atoms with Crippen LogP contribution in [0, 0.1) is 5.92 Å². The van der Waals surface area contributed by atoms with Crippen LogP contribution in [0.5, 0.6) is 0 Å². The summed E-state index contributed by atoms with van der Waals surface area (Å²) in [7, 11) is -1.08. The molecule has 0 aliphatic heterocycles. The minimum Gasteiger partial charge on any atom is -0.234 e. The number of hydrogen-bond donors (Lipinski definition) is 0. The van der Waals surface area contributed by atoms with Crippen molar-refractivity contribution in [2.24, 2.45) is 10.3 Å². The van der Waals surface area contributed by atoms with Gasteiger partial charge in [-0.15, -0.1) is 0 Å². The van der Waals surface area contributed by atoms with Gasteiger partial charge in [0.15, 0.2) is 0 Å². The topological polar surface area (TPSA) is 29.4 Å². The molecule has 0 aromatic carbocycles. The molecule has 0 saturated heterocycles. The average molecular weight is 203 g/mol. The fraction of sp³-hybridized carbons (Fsp3) is 0.900. The first kappa shape index (κ1) is 12.8. The molecular formula is C10H21NOS. The molecule has 0 aliphatic rings. The molecule has 0 aromatic rings. The first-order valence-corrected chi connectivity index (χ1v) is 5.89. The maximum atomic E-state index is 11.4. The Labute approximate surface area is 84.4 Å². The molecule has 0 heterocycles. The predicted octanol–water partition coefficient (Wildman–Crippen LogP) is 2.96. The smallest absolute Gasteiger partial charge is 0.144 e. The molecule has 2 nitrogen and oxygen atoms in total. The molecule has 0 amide bonds. The van der Waals surface area contributed by atoms with E-state index in [9.17, 15) is 4.21 Å². The van der Waals surface area contributed by atoms with Crippen LogP contribution < -0.4 is 0 Å². The lowest BCUT2D eigenvalue weighted by Crippen LogP contribution is -2.19. The highest BCUT2D eigenvalue weighted by atomic mass is 32.2. The first-order valence-electron chi connectivity index (χ1n) is 4.78. The van der Waals surface area contributed by atoms with Gasteiger partial charge in [0.1, 0.15) is 11.0 Å². The summed E-state index contributed by atoms with van der Waals surface area (Å²) in [4.78, 5) is 0. The molecular weight excluding hydrogens is 182 g/mol. The van der Waals surface area contributed by atoms with Gasteiger partial charge in [-0.25, -0.2) is 4.21 Å².